The summed E-state index contributed by atoms with van der Waals surface area (Å²) in [4.78, 5) is 11.9. The molecule has 0 aromatic heterocycles. The van der Waals surface area contributed by atoms with E-state index < -0.39 is 0 Å². The first-order valence-corrected chi connectivity index (χ1v) is 6.54. The highest BCUT2D eigenvalue weighted by atomic mass is 79.9. The molecule has 1 saturated carbocycles. The maximum Gasteiger partial charge on any atom is 0.153 e. The Morgan fingerprint density at radius 3 is 2.67 bits per heavy atom. The first kappa shape index (κ1) is 11.2. The first-order valence-electron chi connectivity index (χ1n) is 5.04. The zero-order valence-corrected chi connectivity index (χ0v) is 10.6. The highest BCUT2D eigenvalue weighted by Gasteiger charge is 2.44. The van der Waals surface area contributed by atoms with Gasteiger partial charge in [-0.05, 0) is 30.5 Å². The van der Waals surface area contributed by atoms with E-state index in [2.05, 4.69) is 15.9 Å². The van der Waals surface area contributed by atoms with Crippen molar-refractivity contribution in [3.8, 4) is 0 Å². The van der Waals surface area contributed by atoms with Gasteiger partial charge in [0.1, 0.15) is 0 Å². The van der Waals surface area contributed by atoms with Crippen molar-refractivity contribution in [1.29, 1.82) is 0 Å². The molecule has 1 fully saturated rings. The lowest BCUT2D eigenvalue weighted by Gasteiger charge is -2.40. The van der Waals surface area contributed by atoms with Gasteiger partial charge in [0.15, 0.2) is 5.78 Å². The lowest BCUT2D eigenvalue weighted by atomic mass is 9.62. The predicted octanol–water partition coefficient (Wildman–Crippen LogP) is 3.73. The number of benzene rings is 1. The summed E-state index contributed by atoms with van der Waals surface area (Å²) in [6.07, 6.45) is 3.04. The van der Waals surface area contributed by atoms with Crippen LogP contribution in [0.15, 0.2) is 24.3 Å². The summed E-state index contributed by atoms with van der Waals surface area (Å²) < 4.78 is 0. The fourth-order valence-electron chi connectivity index (χ4n) is 2.17. The van der Waals surface area contributed by atoms with E-state index in [0.717, 1.165) is 24.8 Å². The van der Waals surface area contributed by atoms with Crippen LogP contribution in [0.3, 0.4) is 0 Å². The molecule has 0 heterocycles. The first-order chi connectivity index (χ1) is 7.19. The van der Waals surface area contributed by atoms with Gasteiger partial charge in [-0.25, -0.2) is 0 Å². The molecule has 80 valence electrons. The highest BCUT2D eigenvalue weighted by Crippen LogP contribution is 2.45. The smallest absolute Gasteiger partial charge is 0.153 e. The van der Waals surface area contributed by atoms with Crippen molar-refractivity contribution in [2.24, 2.45) is 0 Å². The van der Waals surface area contributed by atoms with Crippen molar-refractivity contribution in [3.63, 3.8) is 0 Å². The van der Waals surface area contributed by atoms with Gasteiger partial charge in [-0.2, -0.15) is 0 Å². The topological polar surface area (TPSA) is 17.1 Å². The van der Waals surface area contributed by atoms with E-state index in [9.17, 15) is 4.79 Å². The highest BCUT2D eigenvalue weighted by molar-refractivity contribution is 9.09. The van der Waals surface area contributed by atoms with Gasteiger partial charge < -0.3 is 0 Å². The molecule has 3 heteroatoms. The number of carbonyl (C=O) groups is 1. The van der Waals surface area contributed by atoms with Gasteiger partial charge in [0.25, 0.3) is 0 Å². The number of alkyl halides is 1. The van der Waals surface area contributed by atoms with E-state index in [4.69, 9.17) is 11.6 Å². The Morgan fingerprint density at radius 2 is 2.20 bits per heavy atom. The average molecular weight is 288 g/mol. The van der Waals surface area contributed by atoms with Gasteiger partial charge in [-0.1, -0.05) is 46.1 Å². The third-order valence-electron chi connectivity index (χ3n) is 3.24. The van der Waals surface area contributed by atoms with Gasteiger partial charge in [0.05, 0.1) is 10.7 Å². The zero-order valence-electron chi connectivity index (χ0n) is 8.30. The molecule has 1 nitrogen and oxygen atoms in total. The lowest BCUT2D eigenvalue weighted by molar-refractivity contribution is -0.124. The maximum absolute atomic E-state index is 11.9. The molecule has 0 saturated heterocycles. The molecule has 0 atom stereocenters. The third-order valence-corrected chi connectivity index (χ3v) is 3.98. The normalized spacial score (nSPS) is 18.3. The van der Waals surface area contributed by atoms with Gasteiger partial charge in [0, 0.05) is 5.02 Å². The summed E-state index contributed by atoms with van der Waals surface area (Å²) in [6.45, 7) is 0. The molecule has 0 unspecified atom stereocenters. The molecule has 1 aliphatic rings. The number of Topliss-reactive ketones (excluding diaryl/α,β-unsaturated/α-hetero) is 1. The minimum Gasteiger partial charge on any atom is -0.298 e. The number of carbonyl (C=O) groups excluding carboxylic acids is 1. The molecule has 15 heavy (non-hydrogen) atoms. The second kappa shape index (κ2) is 4.26. The van der Waals surface area contributed by atoms with E-state index in [-0.39, 0.29) is 11.2 Å². The lowest BCUT2D eigenvalue weighted by Crippen LogP contribution is -2.43. The van der Waals surface area contributed by atoms with E-state index >= 15 is 0 Å². The Kier molecular flexibility index (Phi) is 3.17. The van der Waals surface area contributed by atoms with E-state index in [0.29, 0.717) is 10.4 Å². The Balaban J connectivity index is 2.38. The van der Waals surface area contributed by atoms with E-state index in [1.54, 1.807) is 0 Å². The van der Waals surface area contributed by atoms with Gasteiger partial charge in [0.2, 0.25) is 0 Å². The Morgan fingerprint density at radius 1 is 1.47 bits per heavy atom. The average Bonchev–Trinajstić information content (AvgIpc) is 2.16. The SMILES string of the molecule is O=C(CBr)C1(c2cccc(Cl)c2)CCC1. The summed E-state index contributed by atoms with van der Waals surface area (Å²) in [7, 11) is 0. The minimum absolute atomic E-state index is 0.256. The fourth-order valence-corrected chi connectivity index (χ4v) is 2.90. The van der Waals surface area contributed by atoms with Gasteiger partial charge in [-0.3, -0.25) is 4.79 Å². The molecule has 1 aliphatic carbocycles. The molecular formula is C12H12BrClO. The second-order valence-corrected chi connectivity index (χ2v) is 5.00. The van der Waals surface area contributed by atoms with Crippen LogP contribution in [0.1, 0.15) is 24.8 Å². The van der Waals surface area contributed by atoms with Crippen molar-refractivity contribution in [2.45, 2.75) is 24.7 Å². The molecule has 2 rings (SSSR count). The summed E-state index contributed by atoms with van der Waals surface area (Å²) in [5, 5.41) is 1.14. The van der Waals surface area contributed by atoms with Crippen LogP contribution < -0.4 is 0 Å². The van der Waals surface area contributed by atoms with Crippen molar-refractivity contribution >= 4 is 33.3 Å². The minimum atomic E-state index is -0.256. The van der Waals surface area contributed by atoms with Gasteiger partial charge in [-0.15, -0.1) is 0 Å². The van der Waals surface area contributed by atoms with Crippen molar-refractivity contribution in [1.82, 2.24) is 0 Å². The summed E-state index contributed by atoms with van der Waals surface area (Å²) in [6, 6.07) is 7.68. The molecule has 0 aliphatic heterocycles. The number of ketones is 1. The van der Waals surface area contributed by atoms with E-state index in [1.807, 2.05) is 24.3 Å². The fraction of sp³-hybridized carbons (Fsp3) is 0.417. The van der Waals surface area contributed by atoms with Crippen LogP contribution >= 0.6 is 27.5 Å². The third kappa shape index (κ3) is 1.85. The van der Waals surface area contributed by atoms with Crippen LogP contribution in [0.2, 0.25) is 5.02 Å². The Hall–Kier alpha value is -0.340. The van der Waals surface area contributed by atoms with Crippen LogP contribution in [0, 0.1) is 0 Å². The number of hydrogen-bond donors (Lipinski definition) is 0. The van der Waals surface area contributed by atoms with Gasteiger partial charge >= 0.3 is 0 Å². The predicted molar refractivity (Wildman–Crippen MR) is 65.8 cm³/mol. The van der Waals surface area contributed by atoms with Crippen molar-refractivity contribution in [2.75, 3.05) is 5.33 Å². The Labute approximate surface area is 103 Å². The van der Waals surface area contributed by atoms with Crippen molar-refractivity contribution < 1.29 is 4.79 Å². The van der Waals surface area contributed by atoms with Crippen LogP contribution in [0.4, 0.5) is 0 Å². The summed E-state index contributed by atoms with van der Waals surface area (Å²) >= 11 is 9.22. The molecular weight excluding hydrogens is 275 g/mol. The molecule has 0 N–H and O–H groups in total. The second-order valence-electron chi connectivity index (χ2n) is 4.00. The van der Waals surface area contributed by atoms with Crippen LogP contribution in [0.5, 0.6) is 0 Å². The molecule has 0 amide bonds. The van der Waals surface area contributed by atoms with Crippen LogP contribution in [-0.4, -0.2) is 11.1 Å². The molecule has 0 radical (unpaired) electrons. The zero-order chi connectivity index (χ0) is 10.9. The quantitative estimate of drug-likeness (QED) is 0.774. The number of hydrogen-bond acceptors (Lipinski definition) is 1. The monoisotopic (exact) mass is 286 g/mol. The molecule has 0 spiro atoms. The largest absolute Gasteiger partial charge is 0.298 e. The molecule has 1 aromatic carbocycles. The maximum atomic E-state index is 11.9. The number of rotatable bonds is 3. The Bertz CT molecular complexity index is 385. The molecule has 1 aromatic rings. The van der Waals surface area contributed by atoms with Crippen molar-refractivity contribution in [3.05, 3.63) is 34.9 Å². The van der Waals surface area contributed by atoms with Crippen LogP contribution in [0.25, 0.3) is 0 Å². The number of halogens is 2. The summed E-state index contributed by atoms with van der Waals surface area (Å²) in [5.74, 6) is 0.274. The molecule has 0 bridgehead atoms. The van der Waals surface area contributed by atoms with E-state index in [1.165, 1.54) is 0 Å². The standard InChI is InChI=1S/C12H12BrClO/c13-8-11(15)12(5-2-6-12)9-3-1-4-10(14)7-9/h1,3-4,7H,2,5-6,8H2. The van der Waals surface area contributed by atoms with Crippen LogP contribution in [-0.2, 0) is 10.2 Å². The summed E-state index contributed by atoms with van der Waals surface area (Å²) in [5.41, 5.74) is 0.819.